The SMILES string of the molecule is C=C/C=C(/N)OC. The van der Waals surface area contributed by atoms with Gasteiger partial charge in [0.1, 0.15) is 0 Å². The Bertz CT molecular complexity index is 86.1. The van der Waals surface area contributed by atoms with Crippen LogP contribution in [0.2, 0.25) is 0 Å². The lowest BCUT2D eigenvalue weighted by Crippen LogP contribution is -1.97. The highest BCUT2D eigenvalue weighted by molar-refractivity contribution is 5.00. The van der Waals surface area contributed by atoms with Crippen molar-refractivity contribution in [1.82, 2.24) is 0 Å². The second-order valence-electron chi connectivity index (χ2n) is 1.01. The van der Waals surface area contributed by atoms with E-state index in [-0.39, 0.29) is 0 Å². The molecule has 0 radical (unpaired) electrons. The molecule has 0 aliphatic heterocycles. The molecule has 0 saturated carbocycles. The summed E-state index contributed by atoms with van der Waals surface area (Å²) in [7, 11) is 1.51. The van der Waals surface area contributed by atoms with Crippen LogP contribution in [0.5, 0.6) is 0 Å². The first-order valence-corrected chi connectivity index (χ1v) is 1.93. The summed E-state index contributed by atoms with van der Waals surface area (Å²) in [6.45, 7) is 3.41. The minimum absolute atomic E-state index is 0.384. The van der Waals surface area contributed by atoms with Crippen LogP contribution in [0.4, 0.5) is 0 Å². The molecule has 0 saturated heterocycles. The maximum Gasteiger partial charge on any atom is 0.183 e. The van der Waals surface area contributed by atoms with Gasteiger partial charge in [0.15, 0.2) is 5.88 Å². The Morgan fingerprint density at radius 2 is 2.43 bits per heavy atom. The summed E-state index contributed by atoms with van der Waals surface area (Å²) in [5.41, 5.74) is 5.15. The molecule has 0 heterocycles. The van der Waals surface area contributed by atoms with E-state index < -0.39 is 0 Å². The number of hydrogen-bond donors (Lipinski definition) is 1. The van der Waals surface area contributed by atoms with E-state index in [1.807, 2.05) is 0 Å². The summed E-state index contributed by atoms with van der Waals surface area (Å²) in [6.07, 6.45) is 3.15. The zero-order chi connectivity index (χ0) is 5.70. The molecule has 0 bridgehead atoms. The maximum atomic E-state index is 5.15. The number of rotatable bonds is 2. The Morgan fingerprint density at radius 3 is 2.57 bits per heavy atom. The fourth-order valence-electron chi connectivity index (χ4n) is 0.184. The highest BCUT2D eigenvalue weighted by Crippen LogP contribution is 1.80. The smallest absolute Gasteiger partial charge is 0.183 e. The summed E-state index contributed by atoms with van der Waals surface area (Å²) in [5.74, 6) is 0.384. The second kappa shape index (κ2) is 3.28. The average molecular weight is 99.1 g/mol. The van der Waals surface area contributed by atoms with Crippen LogP contribution in [0, 0.1) is 0 Å². The molecule has 0 fully saturated rings. The van der Waals surface area contributed by atoms with Gasteiger partial charge in [-0.3, -0.25) is 0 Å². The van der Waals surface area contributed by atoms with Crippen LogP contribution in [0.15, 0.2) is 24.6 Å². The molecule has 0 rings (SSSR count). The summed E-state index contributed by atoms with van der Waals surface area (Å²) in [4.78, 5) is 0. The van der Waals surface area contributed by atoms with Crippen molar-refractivity contribution < 1.29 is 4.74 Å². The van der Waals surface area contributed by atoms with E-state index in [2.05, 4.69) is 11.3 Å². The van der Waals surface area contributed by atoms with Crippen LogP contribution < -0.4 is 5.73 Å². The van der Waals surface area contributed by atoms with Crippen molar-refractivity contribution in [2.45, 2.75) is 0 Å². The fraction of sp³-hybridized carbons (Fsp3) is 0.200. The van der Waals surface area contributed by atoms with Gasteiger partial charge in [-0.15, -0.1) is 0 Å². The lowest BCUT2D eigenvalue weighted by molar-refractivity contribution is 0.287. The topological polar surface area (TPSA) is 35.2 Å². The van der Waals surface area contributed by atoms with Crippen LogP contribution in [0.1, 0.15) is 0 Å². The molecule has 7 heavy (non-hydrogen) atoms. The van der Waals surface area contributed by atoms with Gasteiger partial charge >= 0.3 is 0 Å². The van der Waals surface area contributed by atoms with E-state index >= 15 is 0 Å². The quantitative estimate of drug-likeness (QED) is 0.407. The van der Waals surface area contributed by atoms with Crippen LogP contribution in [-0.2, 0) is 4.74 Å². The van der Waals surface area contributed by atoms with Gasteiger partial charge < -0.3 is 10.5 Å². The van der Waals surface area contributed by atoms with Gasteiger partial charge in [-0.1, -0.05) is 12.7 Å². The van der Waals surface area contributed by atoms with Gasteiger partial charge in [0.25, 0.3) is 0 Å². The minimum Gasteiger partial charge on any atom is -0.483 e. The average Bonchev–Trinajstić information content (AvgIpc) is 1.68. The molecule has 40 valence electrons. The standard InChI is InChI=1S/C5H9NO/c1-3-4-5(6)7-2/h3-4H,1,6H2,2H3/b5-4-. The van der Waals surface area contributed by atoms with Crippen molar-refractivity contribution in [2.24, 2.45) is 5.73 Å². The lowest BCUT2D eigenvalue weighted by Gasteiger charge is -1.92. The Labute approximate surface area is 43.3 Å². The van der Waals surface area contributed by atoms with Crippen LogP contribution in [-0.4, -0.2) is 7.11 Å². The molecule has 0 aromatic rings. The summed E-state index contributed by atoms with van der Waals surface area (Å²) in [5, 5.41) is 0. The van der Waals surface area contributed by atoms with Gasteiger partial charge in [0.05, 0.1) is 7.11 Å². The van der Waals surface area contributed by atoms with Gasteiger partial charge in [0.2, 0.25) is 0 Å². The molecule has 0 aliphatic carbocycles. The van der Waals surface area contributed by atoms with E-state index in [0.717, 1.165) is 0 Å². The fourth-order valence-corrected chi connectivity index (χ4v) is 0.184. The molecule has 0 unspecified atom stereocenters. The minimum atomic E-state index is 0.384. The van der Waals surface area contributed by atoms with E-state index in [1.165, 1.54) is 7.11 Å². The van der Waals surface area contributed by atoms with Crippen molar-refractivity contribution >= 4 is 0 Å². The first-order valence-electron chi connectivity index (χ1n) is 1.93. The number of allylic oxidation sites excluding steroid dienone is 2. The van der Waals surface area contributed by atoms with Crippen LogP contribution in [0.3, 0.4) is 0 Å². The van der Waals surface area contributed by atoms with Gasteiger partial charge in [-0.2, -0.15) is 0 Å². The van der Waals surface area contributed by atoms with Crippen molar-refractivity contribution in [3.63, 3.8) is 0 Å². The molecule has 0 atom stereocenters. The Morgan fingerprint density at radius 1 is 1.86 bits per heavy atom. The summed E-state index contributed by atoms with van der Waals surface area (Å²) >= 11 is 0. The Balaban J connectivity index is 3.49. The third-order valence-electron chi connectivity index (χ3n) is 0.518. The third-order valence-corrected chi connectivity index (χ3v) is 0.518. The van der Waals surface area contributed by atoms with Gasteiger partial charge in [-0.05, 0) is 6.08 Å². The highest BCUT2D eigenvalue weighted by Gasteiger charge is 1.74. The molecule has 0 spiro atoms. The summed E-state index contributed by atoms with van der Waals surface area (Å²) in [6, 6.07) is 0. The number of methoxy groups -OCH3 is 1. The molecular weight excluding hydrogens is 90.1 g/mol. The molecule has 0 aromatic heterocycles. The molecular formula is C5H9NO. The van der Waals surface area contributed by atoms with Gasteiger partial charge in [-0.25, -0.2) is 0 Å². The first-order chi connectivity index (χ1) is 3.31. The lowest BCUT2D eigenvalue weighted by atomic mass is 10.6. The van der Waals surface area contributed by atoms with Crippen LogP contribution in [0.25, 0.3) is 0 Å². The molecule has 2 heteroatoms. The molecule has 2 N–H and O–H groups in total. The van der Waals surface area contributed by atoms with Crippen molar-refractivity contribution in [3.05, 3.63) is 24.6 Å². The highest BCUT2D eigenvalue weighted by atomic mass is 16.5. The second-order valence-corrected chi connectivity index (χ2v) is 1.01. The third kappa shape index (κ3) is 2.89. The Kier molecular flexibility index (Phi) is 2.85. The number of nitrogens with two attached hydrogens (primary N) is 1. The van der Waals surface area contributed by atoms with E-state index in [1.54, 1.807) is 12.2 Å². The molecule has 0 amide bonds. The zero-order valence-electron chi connectivity index (χ0n) is 4.35. The van der Waals surface area contributed by atoms with Crippen molar-refractivity contribution in [1.29, 1.82) is 0 Å². The molecule has 0 aliphatic rings. The number of hydrogen-bond acceptors (Lipinski definition) is 2. The number of ether oxygens (including phenoxy) is 1. The predicted octanol–water partition coefficient (Wildman–Crippen LogP) is 0.619. The maximum absolute atomic E-state index is 5.15. The monoisotopic (exact) mass is 99.1 g/mol. The van der Waals surface area contributed by atoms with E-state index in [4.69, 9.17) is 5.73 Å². The molecule has 2 nitrogen and oxygen atoms in total. The first kappa shape index (κ1) is 6.08. The van der Waals surface area contributed by atoms with E-state index in [0.29, 0.717) is 5.88 Å². The van der Waals surface area contributed by atoms with Crippen molar-refractivity contribution in [3.8, 4) is 0 Å². The van der Waals surface area contributed by atoms with Gasteiger partial charge in [0, 0.05) is 0 Å². The normalized spacial score (nSPS) is 10.7. The Hall–Kier alpha value is -0.920. The van der Waals surface area contributed by atoms with Crippen LogP contribution >= 0.6 is 0 Å². The zero-order valence-corrected chi connectivity index (χ0v) is 4.35. The van der Waals surface area contributed by atoms with E-state index in [9.17, 15) is 0 Å². The van der Waals surface area contributed by atoms with Crippen molar-refractivity contribution in [2.75, 3.05) is 7.11 Å². The summed E-state index contributed by atoms with van der Waals surface area (Å²) < 4.78 is 4.56. The predicted molar refractivity (Wildman–Crippen MR) is 29.5 cm³/mol. The largest absolute Gasteiger partial charge is 0.483 e. The molecule has 0 aromatic carbocycles.